The van der Waals surface area contributed by atoms with Gasteiger partial charge in [-0.05, 0) is 64.5 Å². The van der Waals surface area contributed by atoms with Crippen LogP contribution in [0, 0.1) is 6.92 Å². The quantitative estimate of drug-likeness (QED) is 0.373. The molecule has 0 unspecified atom stereocenters. The first-order valence-corrected chi connectivity index (χ1v) is 12.7. The van der Waals surface area contributed by atoms with Crippen LogP contribution in [-0.2, 0) is 12.0 Å². The summed E-state index contributed by atoms with van der Waals surface area (Å²) in [5, 5.41) is 22.7. The Labute approximate surface area is 212 Å². The van der Waals surface area contributed by atoms with Crippen molar-refractivity contribution in [1.29, 1.82) is 0 Å². The number of hydrogen-bond donors (Lipinski definition) is 2. The fourth-order valence-electron chi connectivity index (χ4n) is 5.04. The van der Waals surface area contributed by atoms with E-state index in [1.54, 1.807) is 0 Å². The maximum absolute atomic E-state index is 10.3. The van der Waals surface area contributed by atoms with E-state index in [1.165, 1.54) is 11.1 Å². The molecule has 0 bridgehead atoms. The van der Waals surface area contributed by atoms with E-state index < -0.39 is 0 Å². The van der Waals surface area contributed by atoms with Crippen LogP contribution in [0.4, 0.5) is 17.3 Å². The molecule has 36 heavy (non-hydrogen) atoms. The molecule has 1 aromatic carbocycles. The molecule has 0 atom stereocenters. The zero-order valence-electron chi connectivity index (χ0n) is 21.4. The second kappa shape index (κ2) is 10.3. The Morgan fingerprint density at radius 1 is 1.11 bits per heavy atom. The van der Waals surface area contributed by atoms with Gasteiger partial charge in [0.25, 0.3) is 0 Å². The molecule has 1 saturated heterocycles. The predicted molar refractivity (Wildman–Crippen MR) is 143 cm³/mol. The van der Waals surface area contributed by atoms with Crippen LogP contribution in [0.15, 0.2) is 55.0 Å². The summed E-state index contributed by atoms with van der Waals surface area (Å²) < 4.78 is 3.77. The molecular weight excluding hydrogens is 452 g/mol. The molecule has 1 aliphatic rings. The van der Waals surface area contributed by atoms with Gasteiger partial charge in [-0.3, -0.25) is 4.68 Å². The number of benzene rings is 1. The lowest BCUT2D eigenvalue weighted by Gasteiger charge is -2.42. The number of pyridine rings is 1. The fourth-order valence-corrected chi connectivity index (χ4v) is 5.04. The van der Waals surface area contributed by atoms with Crippen molar-refractivity contribution in [2.75, 3.05) is 50.6 Å². The lowest BCUT2D eigenvalue weighted by molar-refractivity contribution is 0.165. The number of rotatable bonds is 9. The van der Waals surface area contributed by atoms with Crippen molar-refractivity contribution in [1.82, 2.24) is 29.3 Å². The predicted octanol–water partition coefficient (Wildman–Crippen LogP) is 3.46. The Balaban J connectivity index is 1.29. The molecule has 190 valence electrons. The van der Waals surface area contributed by atoms with Gasteiger partial charge < -0.3 is 20.2 Å². The van der Waals surface area contributed by atoms with E-state index in [9.17, 15) is 5.11 Å². The zero-order chi connectivity index (χ0) is 25.1. The highest BCUT2D eigenvalue weighted by atomic mass is 16.3. The lowest BCUT2D eigenvalue weighted by atomic mass is 9.73. The molecule has 4 heterocycles. The van der Waals surface area contributed by atoms with Gasteiger partial charge in [0.1, 0.15) is 0 Å². The summed E-state index contributed by atoms with van der Waals surface area (Å²) in [4.78, 5) is 9.34. The van der Waals surface area contributed by atoms with Crippen LogP contribution < -0.4 is 10.2 Å². The lowest BCUT2D eigenvalue weighted by Crippen LogP contribution is -2.45. The molecule has 0 saturated carbocycles. The standard InChI is InChI=1S/C27H36N8O/c1-21-7-9-22(10-8-21)27(20-36)11-16-33(17-12-27)24-6-4-15-35-25(24)30-26(31-35)29-23-18-28-34(19-23)14-5-13-32(2)3/h4,6-10,15,18-19,36H,5,11-14,16-17,20H2,1-3H3,(H,29,31). The minimum Gasteiger partial charge on any atom is -0.395 e. The molecule has 0 aliphatic carbocycles. The summed E-state index contributed by atoms with van der Waals surface area (Å²) in [6.45, 7) is 5.86. The van der Waals surface area contributed by atoms with Gasteiger partial charge in [-0.15, -0.1) is 5.10 Å². The second-order valence-electron chi connectivity index (χ2n) is 10.2. The number of anilines is 3. The largest absolute Gasteiger partial charge is 0.395 e. The van der Waals surface area contributed by atoms with Crippen LogP contribution in [0.25, 0.3) is 5.65 Å². The number of aliphatic hydroxyl groups is 1. The topological polar surface area (TPSA) is 86.8 Å². The maximum Gasteiger partial charge on any atom is 0.247 e. The third-order valence-corrected chi connectivity index (χ3v) is 7.25. The molecule has 1 fully saturated rings. The fraction of sp³-hybridized carbons (Fsp3) is 0.444. The van der Waals surface area contributed by atoms with Crippen LogP contribution in [0.1, 0.15) is 30.4 Å². The summed E-state index contributed by atoms with van der Waals surface area (Å²) in [6, 6.07) is 12.7. The van der Waals surface area contributed by atoms with Crippen LogP contribution in [-0.4, -0.2) is 74.7 Å². The Kier molecular flexibility index (Phi) is 6.93. The molecule has 3 aromatic heterocycles. The second-order valence-corrected chi connectivity index (χ2v) is 10.2. The monoisotopic (exact) mass is 488 g/mol. The number of aliphatic hydroxyl groups excluding tert-OH is 1. The first-order chi connectivity index (χ1) is 17.5. The SMILES string of the molecule is Cc1ccc(C2(CO)CCN(c3cccn4nc(Nc5cnn(CCCN(C)C)c5)nc34)CC2)cc1. The number of piperidine rings is 1. The average molecular weight is 489 g/mol. The van der Waals surface area contributed by atoms with E-state index in [-0.39, 0.29) is 12.0 Å². The normalized spacial score (nSPS) is 15.6. The third kappa shape index (κ3) is 5.08. The van der Waals surface area contributed by atoms with Crippen LogP contribution in [0.3, 0.4) is 0 Å². The highest BCUT2D eigenvalue weighted by molar-refractivity contribution is 5.71. The summed E-state index contributed by atoms with van der Waals surface area (Å²) in [5.74, 6) is 0.552. The maximum atomic E-state index is 10.3. The molecule has 4 aromatic rings. The minimum absolute atomic E-state index is 0.163. The van der Waals surface area contributed by atoms with Crippen LogP contribution in [0.5, 0.6) is 0 Å². The molecule has 9 nitrogen and oxygen atoms in total. The molecule has 2 N–H and O–H groups in total. The van der Waals surface area contributed by atoms with E-state index in [2.05, 4.69) is 76.7 Å². The van der Waals surface area contributed by atoms with Crippen molar-refractivity contribution in [2.45, 2.75) is 38.1 Å². The van der Waals surface area contributed by atoms with Gasteiger partial charge in [0.05, 0.1) is 24.2 Å². The summed E-state index contributed by atoms with van der Waals surface area (Å²) >= 11 is 0. The Morgan fingerprint density at radius 2 is 1.89 bits per heavy atom. The van der Waals surface area contributed by atoms with Crippen molar-refractivity contribution in [3.8, 4) is 0 Å². The molecule has 0 amide bonds. The third-order valence-electron chi connectivity index (χ3n) is 7.25. The summed E-state index contributed by atoms with van der Waals surface area (Å²) in [7, 11) is 4.16. The summed E-state index contributed by atoms with van der Waals surface area (Å²) in [5.41, 5.74) is 5.04. The van der Waals surface area contributed by atoms with Gasteiger partial charge in [0, 0.05) is 37.4 Å². The van der Waals surface area contributed by atoms with Gasteiger partial charge in [0.2, 0.25) is 5.95 Å². The van der Waals surface area contributed by atoms with Crippen LogP contribution >= 0.6 is 0 Å². The van der Waals surface area contributed by atoms with E-state index in [0.717, 1.165) is 62.5 Å². The number of aromatic nitrogens is 5. The van der Waals surface area contributed by atoms with Crippen molar-refractivity contribution in [2.24, 2.45) is 0 Å². The van der Waals surface area contributed by atoms with E-state index in [1.807, 2.05) is 33.9 Å². The summed E-state index contributed by atoms with van der Waals surface area (Å²) in [6.07, 6.45) is 8.55. The van der Waals surface area contributed by atoms with Crippen molar-refractivity contribution >= 4 is 23.0 Å². The van der Waals surface area contributed by atoms with E-state index >= 15 is 0 Å². The molecule has 9 heteroatoms. The number of nitrogens with zero attached hydrogens (tertiary/aromatic N) is 7. The van der Waals surface area contributed by atoms with Crippen molar-refractivity contribution in [3.05, 3.63) is 66.1 Å². The highest BCUT2D eigenvalue weighted by Gasteiger charge is 2.36. The van der Waals surface area contributed by atoms with Gasteiger partial charge in [-0.2, -0.15) is 10.1 Å². The first-order valence-electron chi connectivity index (χ1n) is 12.7. The van der Waals surface area contributed by atoms with Gasteiger partial charge in [0.15, 0.2) is 5.65 Å². The van der Waals surface area contributed by atoms with E-state index in [4.69, 9.17) is 4.98 Å². The minimum atomic E-state index is -0.192. The molecule has 5 rings (SSSR count). The van der Waals surface area contributed by atoms with E-state index in [0.29, 0.717) is 5.95 Å². The number of hydrogen-bond acceptors (Lipinski definition) is 7. The van der Waals surface area contributed by atoms with Crippen LogP contribution in [0.2, 0.25) is 0 Å². The van der Waals surface area contributed by atoms with Gasteiger partial charge >= 0.3 is 0 Å². The first kappa shape index (κ1) is 24.3. The Morgan fingerprint density at radius 3 is 2.61 bits per heavy atom. The number of aryl methyl sites for hydroxylation is 2. The zero-order valence-corrected chi connectivity index (χ0v) is 21.4. The van der Waals surface area contributed by atoms with Gasteiger partial charge in [-0.25, -0.2) is 4.52 Å². The molecule has 1 aliphatic heterocycles. The average Bonchev–Trinajstić information content (AvgIpc) is 3.50. The molecular formula is C27H36N8O. The number of nitrogens with one attached hydrogen (secondary N) is 1. The Hall–Kier alpha value is -3.43. The highest BCUT2D eigenvalue weighted by Crippen LogP contribution is 2.37. The molecule has 0 spiro atoms. The smallest absolute Gasteiger partial charge is 0.247 e. The number of fused-ring (bicyclic) bond motifs is 1. The molecule has 0 radical (unpaired) electrons. The van der Waals surface area contributed by atoms with Crippen molar-refractivity contribution < 1.29 is 5.11 Å². The Bertz CT molecular complexity index is 1280. The van der Waals surface area contributed by atoms with Gasteiger partial charge in [-0.1, -0.05) is 29.8 Å². The van der Waals surface area contributed by atoms with Crippen molar-refractivity contribution in [3.63, 3.8) is 0 Å².